The van der Waals surface area contributed by atoms with Gasteiger partial charge in [0.15, 0.2) is 5.78 Å². The number of rotatable bonds is 11. The van der Waals surface area contributed by atoms with Crippen LogP contribution in [0, 0.1) is 0 Å². The van der Waals surface area contributed by atoms with Crippen LogP contribution in [-0.4, -0.2) is 38.0 Å². The molecule has 0 spiro atoms. The van der Waals surface area contributed by atoms with Gasteiger partial charge in [-0.3, -0.25) is 14.9 Å². The van der Waals surface area contributed by atoms with Gasteiger partial charge in [-0.05, 0) is 19.4 Å². The number of nitrogens with two attached hydrogens (primary N) is 2. The van der Waals surface area contributed by atoms with E-state index in [2.05, 4.69) is 10.6 Å². The predicted octanol–water partition coefficient (Wildman–Crippen LogP) is -1.30. The van der Waals surface area contributed by atoms with E-state index in [1.807, 2.05) is 0 Å². The summed E-state index contributed by atoms with van der Waals surface area (Å²) in [5.41, 5.74) is 10.2. The lowest BCUT2D eigenvalue weighted by molar-refractivity contribution is -0.118. The van der Waals surface area contributed by atoms with E-state index in [0.717, 1.165) is 25.8 Å². The minimum atomic E-state index is -0.254. The molecule has 0 rings (SSSR count). The molecule has 0 radical (unpaired) electrons. The average molecular weight is 230 g/mol. The fourth-order valence-electron chi connectivity index (χ4n) is 1.23. The number of ketones is 1. The smallest absolute Gasteiger partial charge is 0.217 e. The van der Waals surface area contributed by atoms with Gasteiger partial charge in [0.05, 0.1) is 13.1 Å². The Bertz CT molecular complexity index is 209. The van der Waals surface area contributed by atoms with Crippen LogP contribution in [0.4, 0.5) is 0 Å². The van der Waals surface area contributed by atoms with Crippen molar-refractivity contribution in [3.63, 3.8) is 0 Å². The summed E-state index contributed by atoms with van der Waals surface area (Å²) in [6.07, 6.45) is 3.16. The van der Waals surface area contributed by atoms with Crippen molar-refractivity contribution in [3.8, 4) is 0 Å². The van der Waals surface area contributed by atoms with Gasteiger partial charge < -0.3 is 16.8 Å². The van der Waals surface area contributed by atoms with Gasteiger partial charge in [0.25, 0.3) is 0 Å². The number of amides is 1. The van der Waals surface area contributed by atoms with Crippen LogP contribution in [0.15, 0.2) is 0 Å². The van der Waals surface area contributed by atoms with E-state index in [4.69, 9.17) is 11.5 Å². The van der Waals surface area contributed by atoms with E-state index in [9.17, 15) is 9.59 Å². The first kappa shape index (κ1) is 15.0. The Kier molecular flexibility index (Phi) is 9.89. The lowest BCUT2D eigenvalue weighted by atomic mass is 10.2. The molecule has 0 aromatic carbocycles. The van der Waals surface area contributed by atoms with Crippen LogP contribution < -0.4 is 22.1 Å². The first-order valence-electron chi connectivity index (χ1n) is 5.58. The molecule has 0 heterocycles. The molecule has 0 aliphatic carbocycles. The molecule has 0 aromatic rings. The third-order valence-corrected chi connectivity index (χ3v) is 2.07. The first-order chi connectivity index (χ1) is 7.66. The minimum Gasteiger partial charge on any atom is -0.370 e. The number of unbranched alkanes of at least 4 members (excludes halogenated alkanes) is 2. The van der Waals surface area contributed by atoms with Crippen LogP contribution in [0.5, 0.6) is 0 Å². The molecule has 16 heavy (non-hydrogen) atoms. The quantitative estimate of drug-likeness (QED) is 0.260. The highest BCUT2D eigenvalue weighted by Crippen LogP contribution is 1.97. The highest BCUT2D eigenvalue weighted by molar-refractivity contribution is 5.82. The Balaban J connectivity index is 3.14. The van der Waals surface area contributed by atoms with E-state index in [0.29, 0.717) is 26.2 Å². The molecule has 0 unspecified atom stereocenters. The minimum absolute atomic E-state index is 0.0996. The maximum Gasteiger partial charge on any atom is 0.217 e. The molecule has 6 N–H and O–H groups in total. The van der Waals surface area contributed by atoms with Crippen LogP contribution in [0.2, 0.25) is 0 Å². The van der Waals surface area contributed by atoms with E-state index in [-0.39, 0.29) is 11.7 Å². The summed E-state index contributed by atoms with van der Waals surface area (Å²) < 4.78 is 0. The normalized spacial score (nSPS) is 10.3. The van der Waals surface area contributed by atoms with Gasteiger partial charge in [-0.25, -0.2) is 0 Å². The highest BCUT2D eigenvalue weighted by Gasteiger charge is 1.99. The zero-order valence-electron chi connectivity index (χ0n) is 9.63. The number of nitrogens with one attached hydrogen (secondary N) is 2. The second kappa shape index (κ2) is 10.5. The predicted molar refractivity (Wildman–Crippen MR) is 62.6 cm³/mol. The van der Waals surface area contributed by atoms with Crippen molar-refractivity contribution in [1.29, 1.82) is 0 Å². The van der Waals surface area contributed by atoms with Crippen molar-refractivity contribution in [2.24, 2.45) is 11.5 Å². The van der Waals surface area contributed by atoms with Gasteiger partial charge >= 0.3 is 0 Å². The number of Topliss-reactive ketones (excluding diaryl/α,β-unsaturated/α-hetero) is 1. The SMILES string of the molecule is NCNCC(=O)CNCCCCCC(N)=O. The molecule has 1 amide bonds. The summed E-state index contributed by atoms with van der Waals surface area (Å²) in [5, 5.41) is 5.79. The van der Waals surface area contributed by atoms with Gasteiger partial charge in [-0.15, -0.1) is 0 Å². The van der Waals surface area contributed by atoms with Crippen LogP contribution >= 0.6 is 0 Å². The molecule has 0 aliphatic heterocycles. The van der Waals surface area contributed by atoms with Crippen molar-refractivity contribution >= 4 is 11.7 Å². The standard InChI is InChI=1S/C10H22N4O2/c11-8-14-7-9(15)6-13-5-3-1-2-4-10(12)16/h13-14H,1-8,11H2,(H2,12,16). The first-order valence-corrected chi connectivity index (χ1v) is 5.58. The second-order valence-electron chi connectivity index (χ2n) is 3.62. The van der Waals surface area contributed by atoms with Crippen molar-refractivity contribution in [1.82, 2.24) is 10.6 Å². The van der Waals surface area contributed by atoms with Crippen molar-refractivity contribution in [2.75, 3.05) is 26.3 Å². The fraction of sp³-hybridized carbons (Fsp3) is 0.800. The molecule has 0 aliphatic rings. The number of carbonyl (C=O) groups is 2. The molecule has 0 bridgehead atoms. The largest absolute Gasteiger partial charge is 0.370 e. The van der Waals surface area contributed by atoms with Gasteiger partial charge in [-0.2, -0.15) is 0 Å². The Morgan fingerprint density at radius 1 is 1.00 bits per heavy atom. The Morgan fingerprint density at radius 2 is 1.69 bits per heavy atom. The molecular weight excluding hydrogens is 208 g/mol. The third kappa shape index (κ3) is 11.1. The summed E-state index contributed by atoms with van der Waals surface area (Å²) in [6.45, 7) is 1.78. The molecular formula is C10H22N4O2. The van der Waals surface area contributed by atoms with Crippen LogP contribution in [0.3, 0.4) is 0 Å². The number of primary amides is 1. The zero-order valence-corrected chi connectivity index (χ0v) is 9.63. The molecule has 0 saturated carbocycles. The number of hydrogen-bond acceptors (Lipinski definition) is 5. The van der Waals surface area contributed by atoms with E-state index >= 15 is 0 Å². The van der Waals surface area contributed by atoms with Gasteiger partial charge in [0.1, 0.15) is 0 Å². The lowest BCUT2D eigenvalue weighted by Crippen LogP contribution is -2.34. The molecule has 0 aromatic heterocycles. The second-order valence-corrected chi connectivity index (χ2v) is 3.62. The monoisotopic (exact) mass is 230 g/mol. The highest BCUT2D eigenvalue weighted by atomic mass is 16.1. The Labute approximate surface area is 96.1 Å². The van der Waals surface area contributed by atoms with Gasteiger partial charge in [0.2, 0.25) is 5.91 Å². The summed E-state index contributed by atoms with van der Waals surface area (Å²) >= 11 is 0. The summed E-state index contributed by atoms with van der Waals surface area (Å²) in [6, 6.07) is 0. The third-order valence-electron chi connectivity index (χ3n) is 2.07. The van der Waals surface area contributed by atoms with E-state index in [1.165, 1.54) is 0 Å². The number of hydrogen-bond donors (Lipinski definition) is 4. The molecule has 0 atom stereocenters. The topological polar surface area (TPSA) is 110 Å². The van der Waals surface area contributed by atoms with E-state index in [1.54, 1.807) is 0 Å². The van der Waals surface area contributed by atoms with Gasteiger partial charge in [-0.1, -0.05) is 6.42 Å². The maximum absolute atomic E-state index is 11.1. The summed E-state index contributed by atoms with van der Waals surface area (Å²) in [7, 11) is 0. The average Bonchev–Trinajstić information content (AvgIpc) is 2.24. The maximum atomic E-state index is 11.1. The summed E-state index contributed by atoms with van der Waals surface area (Å²) in [5.74, 6) is -0.154. The Morgan fingerprint density at radius 3 is 2.31 bits per heavy atom. The Hall–Kier alpha value is -0.980. The van der Waals surface area contributed by atoms with Gasteiger partial charge in [0, 0.05) is 13.1 Å². The zero-order chi connectivity index (χ0) is 12.2. The molecule has 94 valence electrons. The van der Waals surface area contributed by atoms with E-state index < -0.39 is 0 Å². The molecule has 0 saturated heterocycles. The summed E-state index contributed by atoms with van der Waals surface area (Å²) in [4.78, 5) is 21.6. The molecule has 6 heteroatoms. The van der Waals surface area contributed by atoms with Crippen molar-refractivity contribution < 1.29 is 9.59 Å². The van der Waals surface area contributed by atoms with Crippen molar-refractivity contribution in [2.45, 2.75) is 25.7 Å². The van der Waals surface area contributed by atoms with Crippen LogP contribution in [0.1, 0.15) is 25.7 Å². The van der Waals surface area contributed by atoms with Crippen molar-refractivity contribution in [3.05, 3.63) is 0 Å². The number of carbonyl (C=O) groups excluding carboxylic acids is 2. The van der Waals surface area contributed by atoms with Crippen LogP contribution in [-0.2, 0) is 9.59 Å². The lowest BCUT2D eigenvalue weighted by Gasteiger charge is -2.04. The molecule has 6 nitrogen and oxygen atoms in total. The fourth-order valence-corrected chi connectivity index (χ4v) is 1.23. The van der Waals surface area contributed by atoms with Crippen LogP contribution in [0.25, 0.3) is 0 Å². The molecule has 0 fully saturated rings.